The van der Waals surface area contributed by atoms with Crippen LogP contribution in [0.15, 0.2) is 153 Å². The van der Waals surface area contributed by atoms with Gasteiger partial charge < -0.3 is 0 Å². The predicted molar refractivity (Wildman–Crippen MR) is 209 cm³/mol. The van der Waals surface area contributed by atoms with Crippen LogP contribution in [0, 0.1) is 11.3 Å². The van der Waals surface area contributed by atoms with Crippen LogP contribution in [-0.2, 0) is 5.41 Å². The molecule has 0 saturated carbocycles. The number of nitrogens with zero attached hydrogens (tertiary/aromatic N) is 7. The van der Waals surface area contributed by atoms with E-state index < -0.39 is 5.41 Å². The molecule has 0 radical (unpaired) electrons. The van der Waals surface area contributed by atoms with E-state index in [1.165, 1.54) is 20.9 Å². The number of allylic oxidation sites excluding steroid dienone is 5. The van der Waals surface area contributed by atoms with Gasteiger partial charge in [0.2, 0.25) is 0 Å². The number of pyridine rings is 1. The lowest BCUT2D eigenvalue weighted by Gasteiger charge is -2.47. The molecule has 2 unspecified atom stereocenters. The van der Waals surface area contributed by atoms with Gasteiger partial charge in [0, 0.05) is 44.8 Å². The van der Waals surface area contributed by atoms with Gasteiger partial charge in [0.15, 0.2) is 17.5 Å². The summed E-state index contributed by atoms with van der Waals surface area (Å²) in [6.45, 7) is 0.784. The van der Waals surface area contributed by atoms with E-state index in [4.69, 9.17) is 24.9 Å². The first kappa shape index (κ1) is 31.9. The highest BCUT2D eigenvalue weighted by molar-refractivity contribution is 8.03. The molecule has 0 amide bonds. The smallest absolute Gasteiger partial charge is 0.164 e. The quantitative estimate of drug-likeness (QED) is 0.176. The summed E-state index contributed by atoms with van der Waals surface area (Å²) in [7, 11) is 0. The van der Waals surface area contributed by atoms with Gasteiger partial charge in [0.05, 0.1) is 22.9 Å². The zero-order valence-electron chi connectivity index (χ0n) is 28.4. The molecule has 0 fully saturated rings. The van der Waals surface area contributed by atoms with Crippen LogP contribution in [0.5, 0.6) is 0 Å². The number of dihydropyridines is 2. The van der Waals surface area contributed by atoms with Crippen LogP contribution in [0.4, 0.5) is 0 Å². The SMILES string of the molecule is N#Cc1cccc(-c2ccc(-c3nc(-c4ccccc4)nc(-c4ccc5c(c4)SC4=CCCC=C4C5(C4=NCCC=C4)C4CC=CC=N4)n3)cc2)n1. The lowest BCUT2D eigenvalue weighted by atomic mass is 9.62. The number of hydrogen-bond acceptors (Lipinski definition) is 8. The highest BCUT2D eigenvalue weighted by Gasteiger charge is 2.52. The molecule has 5 aromatic rings. The third-order valence-electron chi connectivity index (χ3n) is 9.99. The van der Waals surface area contributed by atoms with Crippen LogP contribution in [0.3, 0.4) is 0 Å². The van der Waals surface area contributed by atoms with Crippen LogP contribution in [0.1, 0.15) is 36.9 Å². The molecule has 7 nitrogen and oxygen atoms in total. The molecule has 0 N–H and O–H groups in total. The maximum atomic E-state index is 9.35. The average molecular weight is 692 g/mol. The van der Waals surface area contributed by atoms with Gasteiger partial charge in [-0.1, -0.05) is 109 Å². The minimum atomic E-state index is -0.494. The Bertz CT molecular complexity index is 2430. The summed E-state index contributed by atoms with van der Waals surface area (Å²) in [5.74, 6) is 1.80. The Morgan fingerprint density at radius 3 is 2.21 bits per heavy atom. The van der Waals surface area contributed by atoms with Crippen molar-refractivity contribution in [1.82, 2.24) is 19.9 Å². The largest absolute Gasteiger partial charge is 0.288 e. The topological polar surface area (TPSA) is 100 Å². The summed E-state index contributed by atoms with van der Waals surface area (Å²) < 4.78 is 0. The van der Waals surface area contributed by atoms with Crippen molar-refractivity contribution in [1.29, 1.82) is 5.26 Å². The second kappa shape index (κ2) is 13.6. The van der Waals surface area contributed by atoms with Gasteiger partial charge in [-0.15, -0.1) is 0 Å². The molecule has 3 aliphatic heterocycles. The fourth-order valence-electron chi connectivity index (χ4n) is 7.58. The maximum absolute atomic E-state index is 9.35. The van der Waals surface area contributed by atoms with Crippen molar-refractivity contribution in [3.8, 4) is 51.5 Å². The van der Waals surface area contributed by atoms with Gasteiger partial charge in [-0.25, -0.2) is 19.9 Å². The molecule has 8 heteroatoms. The van der Waals surface area contributed by atoms with E-state index in [9.17, 15) is 5.26 Å². The molecule has 3 aromatic carbocycles. The van der Waals surface area contributed by atoms with E-state index in [0.29, 0.717) is 23.2 Å². The second-order valence-electron chi connectivity index (χ2n) is 13.1. The Kier molecular flexibility index (Phi) is 8.34. The summed E-state index contributed by atoms with van der Waals surface area (Å²) >= 11 is 1.83. The molecule has 1 aliphatic carbocycles. The van der Waals surface area contributed by atoms with E-state index in [-0.39, 0.29) is 6.04 Å². The average Bonchev–Trinajstić information content (AvgIpc) is 3.23. The summed E-state index contributed by atoms with van der Waals surface area (Å²) in [4.78, 5) is 32.4. The number of fused-ring (bicyclic) bond motifs is 2. The first-order chi connectivity index (χ1) is 25.7. The van der Waals surface area contributed by atoms with Crippen LogP contribution < -0.4 is 0 Å². The number of aliphatic imine (C=N–C) groups is 2. The molecular weight excluding hydrogens is 659 g/mol. The van der Waals surface area contributed by atoms with Crippen molar-refractivity contribution in [3.05, 3.63) is 149 Å². The Hall–Kier alpha value is -6.04. The van der Waals surface area contributed by atoms with E-state index >= 15 is 0 Å². The fraction of sp³-hybridized carbons (Fsp3) is 0.159. The van der Waals surface area contributed by atoms with E-state index in [2.05, 4.69) is 65.7 Å². The third kappa shape index (κ3) is 5.64. The van der Waals surface area contributed by atoms with Gasteiger partial charge in [0.25, 0.3) is 0 Å². The third-order valence-corrected chi connectivity index (χ3v) is 11.2. The first-order valence-corrected chi connectivity index (χ1v) is 18.5. The summed E-state index contributed by atoms with van der Waals surface area (Å²) in [5.41, 5.74) is 7.90. The molecule has 250 valence electrons. The highest BCUT2D eigenvalue weighted by Crippen LogP contribution is 2.57. The van der Waals surface area contributed by atoms with Gasteiger partial charge in [-0.3, -0.25) is 9.98 Å². The highest BCUT2D eigenvalue weighted by atomic mass is 32.2. The van der Waals surface area contributed by atoms with E-state index in [0.717, 1.165) is 65.9 Å². The minimum Gasteiger partial charge on any atom is -0.288 e. The molecular formula is C44H33N7S. The molecule has 9 rings (SSSR count). The number of hydrogen-bond donors (Lipinski definition) is 0. The van der Waals surface area contributed by atoms with Gasteiger partial charge in [0.1, 0.15) is 11.8 Å². The van der Waals surface area contributed by atoms with Gasteiger partial charge >= 0.3 is 0 Å². The summed E-state index contributed by atoms with van der Waals surface area (Å²) in [5, 5.41) is 9.35. The Morgan fingerprint density at radius 2 is 1.46 bits per heavy atom. The van der Waals surface area contributed by atoms with Crippen molar-refractivity contribution < 1.29 is 0 Å². The molecule has 52 heavy (non-hydrogen) atoms. The first-order valence-electron chi connectivity index (χ1n) is 17.6. The lowest BCUT2D eigenvalue weighted by Crippen LogP contribution is -2.50. The van der Waals surface area contributed by atoms with Gasteiger partial charge in [-0.05, 0) is 67.2 Å². The standard InChI is InChI=1S/C44H33N7S/c45-28-33-13-10-15-36(48-33)29-19-21-31(22-20-29)42-49-41(30-11-2-1-3-12-30)50-43(51-42)32-23-24-35-38(27-32)52-37-16-5-4-14-34(37)44(35,39-17-6-8-25-46-39)40-18-7-9-26-47-40/h1-3,6-8,10-16,18-25,27,39H,4-5,9,17,26H2. The number of aromatic nitrogens is 4. The molecule has 2 atom stereocenters. The molecule has 0 bridgehead atoms. The van der Waals surface area contributed by atoms with Crippen LogP contribution >= 0.6 is 11.8 Å². The van der Waals surface area contributed by atoms with Crippen LogP contribution in [0.25, 0.3) is 45.4 Å². The minimum absolute atomic E-state index is 0.00809. The number of thioether (sulfide) groups is 1. The monoisotopic (exact) mass is 691 g/mol. The zero-order chi connectivity index (χ0) is 34.9. The Labute approximate surface area is 307 Å². The molecule has 2 aromatic heterocycles. The van der Waals surface area contributed by atoms with Crippen molar-refractivity contribution in [2.24, 2.45) is 9.98 Å². The molecule has 4 aliphatic rings. The van der Waals surface area contributed by atoms with E-state index in [1.54, 1.807) is 6.07 Å². The van der Waals surface area contributed by atoms with Crippen LogP contribution in [0.2, 0.25) is 0 Å². The Morgan fingerprint density at radius 1 is 0.712 bits per heavy atom. The lowest BCUT2D eigenvalue weighted by molar-refractivity contribution is 0.507. The second-order valence-corrected chi connectivity index (χ2v) is 14.2. The number of rotatable bonds is 6. The normalized spacial score (nSPS) is 20.2. The fourth-order valence-corrected chi connectivity index (χ4v) is 8.90. The van der Waals surface area contributed by atoms with Gasteiger partial charge in [-0.2, -0.15) is 5.26 Å². The summed E-state index contributed by atoms with van der Waals surface area (Å²) in [6.07, 6.45) is 19.4. The van der Waals surface area contributed by atoms with Crippen molar-refractivity contribution in [2.45, 2.75) is 42.0 Å². The molecule has 0 saturated heterocycles. The predicted octanol–water partition coefficient (Wildman–Crippen LogP) is 9.55. The summed E-state index contributed by atoms with van der Waals surface area (Å²) in [6, 6.07) is 32.3. The number of nitriles is 1. The molecule has 0 spiro atoms. The number of benzene rings is 3. The van der Waals surface area contributed by atoms with Crippen LogP contribution in [-0.4, -0.2) is 44.4 Å². The molecule has 5 heterocycles. The van der Waals surface area contributed by atoms with Crippen molar-refractivity contribution in [2.75, 3.05) is 6.54 Å². The van der Waals surface area contributed by atoms with Crippen molar-refractivity contribution >= 4 is 23.7 Å². The van der Waals surface area contributed by atoms with E-state index in [1.807, 2.05) is 84.7 Å². The van der Waals surface area contributed by atoms with Crippen molar-refractivity contribution in [3.63, 3.8) is 0 Å². The maximum Gasteiger partial charge on any atom is 0.164 e. The zero-order valence-corrected chi connectivity index (χ0v) is 29.2. The Balaban J connectivity index is 1.18.